The van der Waals surface area contributed by atoms with E-state index in [2.05, 4.69) is 49.2 Å². The third kappa shape index (κ3) is 5.00. The van der Waals surface area contributed by atoms with Crippen LogP contribution in [0.15, 0.2) is 43.0 Å². The van der Waals surface area contributed by atoms with Crippen LogP contribution < -0.4 is 5.32 Å². The molecule has 2 heteroatoms. The molecule has 0 fully saturated rings. The zero-order valence-corrected chi connectivity index (χ0v) is 16.7. The summed E-state index contributed by atoms with van der Waals surface area (Å²) >= 11 is 0. The summed E-state index contributed by atoms with van der Waals surface area (Å²) < 4.78 is 0. The topological polar surface area (TPSA) is 29.1 Å². The molecule has 1 amide bonds. The van der Waals surface area contributed by atoms with Crippen LogP contribution in [0.3, 0.4) is 0 Å². The average Bonchev–Trinajstić information content (AvgIpc) is 3.09. The molecule has 0 saturated heterocycles. The summed E-state index contributed by atoms with van der Waals surface area (Å²) in [4.78, 5) is 12.4. The highest BCUT2D eigenvalue weighted by Gasteiger charge is 2.18. The van der Waals surface area contributed by atoms with E-state index in [1.807, 2.05) is 6.08 Å². The Hall–Kier alpha value is -2.09. The molecule has 2 aromatic carbocycles. The number of allylic oxidation sites excluding steroid dienone is 1. The first kappa shape index (κ1) is 19.7. The van der Waals surface area contributed by atoms with Gasteiger partial charge >= 0.3 is 0 Å². The number of hydrogen-bond acceptors (Lipinski definition) is 1. The minimum absolute atomic E-state index is 0.0568. The second-order valence-electron chi connectivity index (χ2n) is 7.89. The van der Waals surface area contributed by atoms with Crippen molar-refractivity contribution < 1.29 is 4.79 Å². The molecule has 27 heavy (non-hydrogen) atoms. The first-order chi connectivity index (χ1) is 13.2. The van der Waals surface area contributed by atoms with Crippen molar-refractivity contribution in [3.63, 3.8) is 0 Å². The van der Waals surface area contributed by atoms with E-state index in [0.29, 0.717) is 6.42 Å². The van der Waals surface area contributed by atoms with Crippen LogP contribution in [0.25, 0.3) is 10.8 Å². The number of carbonyl (C=O) groups is 1. The van der Waals surface area contributed by atoms with Gasteiger partial charge in [-0.1, -0.05) is 62.1 Å². The molecule has 1 N–H and O–H groups in total. The Morgan fingerprint density at radius 1 is 1.04 bits per heavy atom. The Labute approximate surface area is 164 Å². The summed E-state index contributed by atoms with van der Waals surface area (Å²) in [6.07, 6.45) is 13.2. The largest absolute Gasteiger partial charge is 0.350 e. The normalized spacial score (nSPS) is 13.7. The minimum atomic E-state index is 0.0568. The molecule has 2 aromatic rings. The van der Waals surface area contributed by atoms with Crippen molar-refractivity contribution in [3.05, 3.63) is 59.7 Å². The molecule has 1 atom stereocenters. The van der Waals surface area contributed by atoms with E-state index in [4.69, 9.17) is 0 Å². The average molecular weight is 364 g/mol. The summed E-state index contributed by atoms with van der Waals surface area (Å²) in [6.45, 7) is 5.86. The maximum absolute atomic E-state index is 12.4. The Morgan fingerprint density at radius 3 is 2.52 bits per heavy atom. The first-order valence-electron chi connectivity index (χ1n) is 10.6. The Morgan fingerprint density at radius 2 is 1.74 bits per heavy atom. The minimum Gasteiger partial charge on any atom is -0.350 e. The number of carbonyl (C=O) groups excluding carboxylic acids is 1. The number of amides is 1. The van der Waals surface area contributed by atoms with Gasteiger partial charge in [-0.2, -0.15) is 0 Å². The molecule has 0 spiro atoms. The maximum atomic E-state index is 12.4. The van der Waals surface area contributed by atoms with Crippen LogP contribution >= 0.6 is 0 Å². The van der Waals surface area contributed by atoms with Crippen molar-refractivity contribution in [2.45, 2.75) is 77.2 Å². The predicted octanol–water partition coefficient (Wildman–Crippen LogP) is 6.42. The smallest absolute Gasteiger partial charge is 0.220 e. The third-order valence-corrected chi connectivity index (χ3v) is 5.82. The lowest BCUT2D eigenvalue weighted by Crippen LogP contribution is -2.26. The van der Waals surface area contributed by atoms with Crippen LogP contribution in [0.1, 0.15) is 81.0 Å². The Balaban J connectivity index is 1.47. The SMILES string of the molecule is C=CCCCCCCCCC(=O)NC(C)c1ccc2c3c(cccc13)CC2. The molecule has 1 unspecified atom stereocenters. The standard InChI is InChI=1S/C25H33NO/c1-3-4-5-6-7-8-9-10-14-24(27)26-19(2)22-18-17-21-16-15-20-12-11-13-23(22)25(20)21/h3,11-13,17-19H,1,4-10,14-16H2,2H3,(H,26,27). The molecule has 1 aliphatic carbocycles. The monoisotopic (exact) mass is 363 g/mol. The van der Waals surface area contributed by atoms with Gasteiger partial charge in [0, 0.05) is 6.42 Å². The second kappa shape index (κ2) is 9.73. The van der Waals surface area contributed by atoms with Crippen molar-refractivity contribution in [3.8, 4) is 0 Å². The van der Waals surface area contributed by atoms with Gasteiger partial charge in [0.25, 0.3) is 0 Å². The zero-order chi connectivity index (χ0) is 19.1. The molecule has 3 rings (SSSR count). The van der Waals surface area contributed by atoms with Gasteiger partial charge in [-0.15, -0.1) is 6.58 Å². The van der Waals surface area contributed by atoms with Gasteiger partial charge in [0.1, 0.15) is 0 Å². The molecule has 1 aliphatic rings. The van der Waals surface area contributed by atoms with Crippen molar-refractivity contribution in [1.82, 2.24) is 5.32 Å². The molecule has 0 saturated carbocycles. The van der Waals surface area contributed by atoms with Crippen LogP contribution in [0.2, 0.25) is 0 Å². The molecule has 0 radical (unpaired) electrons. The molecular formula is C25H33NO. The highest BCUT2D eigenvalue weighted by Crippen LogP contribution is 2.34. The summed E-state index contributed by atoms with van der Waals surface area (Å²) in [6, 6.07) is 11.1. The number of rotatable bonds is 11. The van der Waals surface area contributed by atoms with Gasteiger partial charge in [-0.3, -0.25) is 4.79 Å². The van der Waals surface area contributed by atoms with Crippen molar-refractivity contribution >= 4 is 16.7 Å². The van der Waals surface area contributed by atoms with Gasteiger partial charge in [0.2, 0.25) is 5.91 Å². The zero-order valence-electron chi connectivity index (χ0n) is 16.7. The lowest BCUT2D eigenvalue weighted by Gasteiger charge is -2.17. The van der Waals surface area contributed by atoms with Crippen LogP contribution in [0.4, 0.5) is 0 Å². The van der Waals surface area contributed by atoms with Crippen LogP contribution in [-0.2, 0) is 17.6 Å². The Bertz CT molecular complexity index is 782. The molecule has 0 aliphatic heterocycles. The maximum Gasteiger partial charge on any atom is 0.220 e. The highest BCUT2D eigenvalue weighted by molar-refractivity contribution is 5.93. The van der Waals surface area contributed by atoms with Crippen molar-refractivity contribution in [2.24, 2.45) is 0 Å². The molecular weight excluding hydrogens is 330 g/mol. The van der Waals surface area contributed by atoms with E-state index in [9.17, 15) is 4.79 Å². The van der Waals surface area contributed by atoms with E-state index in [-0.39, 0.29) is 11.9 Å². The van der Waals surface area contributed by atoms with E-state index in [0.717, 1.165) is 32.1 Å². The first-order valence-corrected chi connectivity index (χ1v) is 10.6. The lowest BCUT2D eigenvalue weighted by atomic mass is 9.96. The summed E-state index contributed by atoms with van der Waals surface area (Å²) in [5.41, 5.74) is 4.15. The Kier molecular flexibility index (Phi) is 7.09. The second-order valence-corrected chi connectivity index (χ2v) is 7.89. The van der Waals surface area contributed by atoms with Gasteiger partial charge in [-0.25, -0.2) is 0 Å². The quantitative estimate of drug-likeness (QED) is 0.362. The number of aryl methyl sites for hydroxylation is 2. The number of hydrogen-bond donors (Lipinski definition) is 1. The van der Waals surface area contributed by atoms with Gasteiger partial charge in [0.05, 0.1) is 6.04 Å². The van der Waals surface area contributed by atoms with Crippen LogP contribution in [0, 0.1) is 0 Å². The molecule has 144 valence electrons. The summed E-state index contributed by atoms with van der Waals surface area (Å²) in [7, 11) is 0. The van der Waals surface area contributed by atoms with Crippen LogP contribution in [0.5, 0.6) is 0 Å². The third-order valence-electron chi connectivity index (χ3n) is 5.82. The number of unbranched alkanes of at least 4 members (excludes halogenated alkanes) is 6. The van der Waals surface area contributed by atoms with Crippen molar-refractivity contribution in [2.75, 3.05) is 0 Å². The van der Waals surface area contributed by atoms with Crippen molar-refractivity contribution in [1.29, 1.82) is 0 Å². The fourth-order valence-electron chi connectivity index (χ4n) is 4.32. The van der Waals surface area contributed by atoms with E-state index in [1.54, 1.807) is 0 Å². The number of nitrogens with one attached hydrogen (secondary N) is 1. The fourth-order valence-corrected chi connectivity index (χ4v) is 4.32. The molecule has 2 nitrogen and oxygen atoms in total. The molecule has 0 heterocycles. The van der Waals surface area contributed by atoms with E-state index < -0.39 is 0 Å². The van der Waals surface area contributed by atoms with E-state index in [1.165, 1.54) is 53.1 Å². The number of benzene rings is 2. The fraction of sp³-hybridized carbons (Fsp3) is 0.480. The van der Waals surface area contributed by atoms with Gasteiger partial charge < -0.3 is 5.32 Å². The van der Waals surface area contributed by atoms with E-state index >= 15 is 0 Å². The molecule has 0 bridgehead atoms. The summed E-state index contributed by atoms with van der Waals surface area (Å²) in [5.74, 6) is 0.178. The summed E-state index contributed by atoms with van der Waals surface area (Å²) in [5, 5.41) is 5.95. The van der Waals surface area contributed by atoms with Gasteiger partial charge in [0.15, 0.2) is 0 Å². The molecule has 0 aromatic heterocycles. The lowest BCUT2D eigenvalue weighted by molar-refractivity contribution is -0.121. The highest BCUT2D eigenvalue weighted by atomic mass is 16.1. The van der Waals surface area contributed by atoms with Gasteiger partial charge in [-0.05, 0) is 66.5 Å². The predicted molar refractivity (Wildman–Crippen MR) is 115 cm³/mol. The van der Waals surface area contributed by atoms with Crippen LogP contribution in [-0.4, -0.2) is 5.91 Å².